The van der Waals surface area contributed by atoms with Gasteiger partial charge in [0.1, 0.15) is 17.3 Å². The third-order valence-corrected chi connectivity index (χ3v) is 5.72. The summed E-state index contributed by atoms with van der Waals surface area (Å²) in [6.45, 7) is 6.48. The molecule has 4 rings (SSSR count). The number of hydrogen-bond acceptors (Lipinski definition) is 4. The molecule has 34 heavy (non-hydrogen) atoms. The van der Waals surface area contributed by atoms with Crippen LogP contribution >= 0.6 is 0 Å². The summed E-state index contributed by atoms with van der Waals surface area (Å²) >= 11 is 0. The van der Waals surface area contributed by atoms with E-state index >= 15 is 0 Å². The topological polar surface area (TPSA) is 66.8 Å². The van der Waals surface area contributed by atoms with Crippen molar-refractivity contribution in [2.24, 2.45) is 5.92 Å². The fourth-order valence-corrected chi connectivity index (χ4v) is 4.00. The number of hydrogen-bond donors (Lipinski definition) is 1. The minimum atomic E-state index is -0.904. The molecule has 1 fully saturated rings. The number of carbonyl (C=O) groups excluding carboxylic acids is 2. The maximum atomic E-state index is 13.7. The number of amides is 1. The molecular formula is C28H26FNO4. The molecule has 1 saturated heterocycles. The Morgan fingerprint density at radius 2 is 1.65 bits per heavy atom. The molecular weight excluding hydrogens is 433 g/mol. The van der Waals surface area contributed by atoms with Crippen LogP contribution in [0.5, 0.6) is 5.75 Å². The van der Waals surface area contributed by atoms with Gasteiger partial charge in [0, 0.05) is 11.3 Å². The summed E-state index contributed by atoms with van der Waals surface area (Å²) in [5, 5.41) is 11.2. The Balaban J connectivity index is 1.83. The fourth-order valence-electron chi connectivity index (χ4n) is 4.00. The summed E-state index contributed by atoms with van der Waals surface area (Å²) in [5.41, 5.74) is 2.20. The van der Waals surface area contributed by atoms with Crippen molar-refractivity contribution in [3.05, 3.63) is 101 Å². The monoisotopic (exact) mass is 459 g/mol. The lowest BCUT2D eigenvalue weighted by atomic mass is 9.95. The molecule has 3 aromatic rings. The van der Waals surface area contributed by atoms with Gasteiger partial charge in [-0.1, -0.05) is 44.2 Å². The first-order valence-electron chi connectivity index (χ1n) is 11.1. The van der Waals surface area contributed by atoms with Crippen molar-refractivity contribution in [1.82, 2.24) is 0 Å². The second kappa shape index (κ2) is 9.51. The predicted molar refractivity (Wildman–Crippen MR) is 129 cm³/mol. The van der Waals surface area contributed by atoms with Crippen LogP contribution in [0, 0.1) is 18.7 Å². The van der Waals surface area contributed by atoms with Crippen molar-refractivity contribution >= 4 is 23.1 Å². The van der Waals surface area contributed by atoms with Crippen LogP contribution < -0.4 is 9.64 Å². The van der Waals surface area contributed by atoms with Crippen molar-refractivity contribution in [1.29, 1.82) is 0 Å². The number of anilines is 1. The Morgan fingerprint density at radius 1 is 1.00 bits per heavy atom. The van der Waals surface area contributed by atoms with Gasteiger partial charge < -0.3 is 9.84 Å². The molecule has 0 saturated carbocycles. The number of rotatable bonds is 6. The zero-order chi connectivity index (χ0) is 24.4. The number of aliphatic hydroxyl groups excluding tert-OH is 1. The summed E-state index contributed by atoms with van der Waals surface area (Å²) < 4.78 is 19.4. The van der Waals surface area contributed by atoms with Gasteiger partial charge in [0.05, 0.1) is 18.2 Å². The minimum absolute atomic E-state index is 0.0456. The molecule has 1 atom stereocenters. The largest absolute Gasteiger partial charge is 0.507 e. The molecule has 1 aliphatic rings. The number of aliphatic hydroxyl groups is 1. The lowest BCUT2D eigenvalue weighted by Crippen LogP contribution is -2.30. The summed E-state index contributed by atoms with van der Waals surface area (Å²) in [7, 11) is 0. The molecule has 0 bridgehead atoms. The first-order valence-corrected chi connectivity index (χ1v) is 11.1. The van der Waals surface area contributed by atoms with Gasteiger partial charge in [0.2, 0.25) is 0 Å². The van der Waals surface area contributed by atoms with E-state index in [4.69, 9.17) is 4.74 Å². The third kappa shape index (κ3) is 4.44. The molecule has 0 aliphatic carbocycles. The zero-order valence-corrected chi connectivity index (χ0v) is 19.3. The summed E-state index contributed by atoms with van der Waals surface area (Å²) in [4.78, 5) is 27.8. The van der Waals surface area contributed by atoms with Gasteiger partial charge in [0.25, 0.3) is 11.7 Å². The molecule has 1 amide bonds. The average Bonchev–Trinajstić information content (AvgIpc) is 3.09. The van der Waals surface area contributed by atoms with E-state index in [-0.39, 0.29) is 11.3 Å². The Labute approximate surface area is 198 Å². The molecule has 5 nitrogen and oxygen atoms in total. The molecule has 1 N–H and O–H groups in total. The summed E-state index contributed by atoms with van der Waals surface area (Å²) in [5.74, 6) is -1.27. The number of benzene rings is 3. The normalized spacial score (nSPS) is 17.4. The second-order valence-corrected chi connectivity index (χ2v) is 8.74. The number of halogens is 1. The zero-order valence-electron chi connectivity index (χ0n) is 19.3. The molecule has 0 spiro atoms. The number of para-hydroxylation sites is 1. The highest BCUT2D eigenvalue weighted by Crippen LogP contribution is 2.43. The Bertz CT molecular complexity index is 1250. The number of ether oxygens (including phenoxy) is 1. The molecule has 0 aromatic heterocycles. The second-order valence-electron chi connectivity index (χ2n) is 8.74. The van der Waals surface area contributed by atoms with Crippen LogP contribution in [0.15, 0.2) is 78.4 Å². The Morgan fingerprint density at radius 3 is 2.26 bits per heavy atom. The number of Topliss-reactive ketones (excluding diaryl/α,β-unsaturated/α-hetero) is 1. The molecule has 174 valence electrons. The quantitative estimate of drug-likeness (QED) is 0.288. The van der Waals surface area contributed by atoms with Gasteiger partial charge in [-0.25, -0.2) is 4.39 Å². The van der Waals surface area contributed by atoms with Gasteiger partial charge in [0.15, 0.2) is 0 Å². The lowest BCUT2D eigenvalue weighted by molar-refractivity contribution is -0.132. The van der Waals surface area contributed by atoms with Crippen LogP contribution in [-0.4, -0.2) is 23.4 Å². The molecule has 6 heteroatoms. The van der Waals surface area contributed by atoms with Crippen LogP contribution in [0.4, 0.5) is 10.1 Å². The van der Waals surface area contributed by atoms with Crippen molar-refractivity contribution in [3.8, 4) is 5.75 Å². The highest BCUT2D eigenvalue weighted by molar-refractivity contribution is 6.51. The smallest absolute Gasteiger partial charge is 0.300 e. The van der Waals surface area contributed by atoms with E-state index in [0.717, 1.165) is 5.56 Å². The Hall–Kier alpha value is -3.93. The van der Waals surface area contributed by atoms with E-state index < -0.39 is 23.5 Å². The lowest BCUT2D eigenvalue weighted by Gasteiger charge is -2.26. The first kappa shape index (κ1) is 23.2. The minimum Gasteiger partial charge on any atom is -0.507 e. The van der Waals surface area contributed by atoms with Crippen LogP contribution in [0.2, 0.25) is 0 Å². The molecule has 1 unspecified atom stereocenters. The number of aryl methyl sites for hydroxylation is 1. The highest BCUT2D eigenvalue weighted by Gasteiger charge is 2.47. The maximum absolute atomic E-state index is 13.7. The van der Waals surface area contributed by atoms with Crippen LogP contribution in [0.3, 0.4) is 0 Å². The van der Waals surface area contributed by atoms with Crippen molar-refractivity contribution in [2.75, 3.05) is 11.5 Å². The summed E-state index contributed by atoms with van der Waals surface area (Å²) in [6.07, 6.45) is 0. The van der Waals surface area contributed by atoms with Crippen molar-refractivity contribution in [2.45, 2.75) is 26.8 Å². The summed E-state index contributed by atoms with van der Waals surface area (Å²) in [6, 6.07) is 18.6. The number of ketones is 1. The fraction of sp³-hybridized carbons (Fsp3) is 0.214. The van der Waals surface area contributed by atoms with E-state index in [1.807, 2.05) is 32.9 Å². The predicted octanol–water partition coefficient (Wildman–Crippen LogP) is 5.80. The van der Waals surface area contributed by atoms with E-state index in [2.05, 4.69) is 0 Å². The van der Waals surface area contributed by atoms with E-state index in [0.29, 0.717) is 35.1 Å². The number of nitrogens with zero attached hydrogens (tertiary/aromatic N) is 1. The number of carbonyl (C=O) groups is 2. The van der Waals surface area contributed by atoms with Gasteiger partial charge in [-0.15, -0.1) is 0 Å². The standard InChI is InChI=1S/C28H26FNO4/c1-17(2)16-34-22-14-10-20(11-15-22)26(31)24-25(19-8-12-21(29)13-9-19)30(28(33)27(24)32)23-7-5-4-6-18(23)3/h4-15,17,25,31H,16H2,1-3H3/b26-24+. The van der Waals surface area contributed by atoms with Crippen LogP contribution in [-0.2, 0) is 9.59 Å². The Kier molecular flexibility index (Phi) is 6.50. The van der Waals surface area contributed by atoms with Gasteiger partial charge in [-0.05, 0) is 66.4 Å². The third-order valence-electron chi connectivity index (χ3n) is 5.72. The molecule has 3 aromatic carbocycles. The SMILES string of the molecule is Cc1ccccc1N1C(=O)C(=O)/C(=C(/O)c2ccc(OCC(C)C)cc2)C1c1ccc(F)cc1. The van der Waals surface area contributed by atoms with E-state index in [1.54, 1.807) is 36.4 Å². The molecule has 1 aliphatic heterocycles. The van der Waals surface area contributed by atoms with Gasteiger partial charge in [-0.3, -0.25) is 14.5 Å². The van der Waals surface area contributed by atoms with Crippen LogP contribution in [0.1, 0.15) is 36.6 Å². The van der Waals surface area contributed by atoms with E-state index in [1.165, 1.54) is 29.2 Å². The van der Waals surface area contributed by atoms with Crippen molar-refractivity contribution in [3.63, 3.8) is 0 Å². The average molecular weight is 460 g/mol. The first-order chi connectivity index (χ1) is 16.3. The van der Waals surface area contributed by atoms with Crippen LogP contribution in [0.25, 0.3) is 5.76 Å². The van der Waals surface area contributed by atoms with E-state index in [9.17, 15) is 19.1 Å². The van der Waals surface area contributed by atoms with Gasteiger partial charge in [-0.2, -0.15) is 0 Å². The highest BCUT2D eigenvalue weighted by atomic mass is 19.1. The molecule has 0 radical (unpaired) electrons. The van der Waals surface area contributed by atoms with Gasteiger partial charge >= 0.3 is 0 Å². The van der Waals surface area contributed by atoms with Crippen molar-refractivity contribution < 1.29 is 23.8 Å². The molecule has 1 heterocycles. The maximum Gasteiger partial charge on any atom is 0.300 e.